The van der Waals surface area contributed by atoms with Gasteiger partial charge in [0, 0.05) is 36.0 Å². The van der Waals surface area contributed by atoms with E-state index in [0.717, 1.165) is 18.5 Å². The van der Waals surface area contributed by atoms with Crippen LogP contribution in [0.15, 0.2) is 66.4 Å². The molecule has 1 amide bonds. The molecule has 0 spiro atoms. The fourth-order valence-electron chi connectivity index (χ4n) is 2.95. The van der Waals surface area contributed by atoms with Gasteiger partial charge in [0.05, 0.1) is 10.6 Å². The standard InChI is InChI=1S/C23H21N5O3/c1-2-3-13-25-23(29)18(15-24)14-19-16-27(20-7-5-4-6-8-20)26-22(19)17-9-11-21(12-10-17)28(30)31/h4-12,14,16H,2-3,13H2,1H3,(H,25,29)/b18-14+. The van der Waals surface area contributed by atoms with Crippen molar-refractivity contribution in [2.45, 2.75) is 19.8 Å². The van der Waals surface area contributed by atoms with E-state index >= 15 is 0 Å². The zero-order valence-electron chi connectivity index (χ0n) is 17.0. The zero-order valence-corrected chi connectivity index (χ0v) is 17.0. The maximum absolute atomic E-state index is 12.4. The number of nitriles is 1. The summed E-state index contributed by atoms with van der Waals surface area (Å²) in [5.41, 5.74) is 2.43. The van der Waals surface area contributed by atoms with E-state index in [2.05, 4.69) is 10.4 Å². The number of nitrogens with zero attached hydrogens (tertiary/aromatic N) is 4. The van der Waals surface area contributed by atoms with Crippen LogP contribution in [0.25, 0.3) is 23.0 Å². The summed E-state index contributed by atoms with van der Waals surface area (Å²) in [6, 6.07) is 17.3. The van der Waals surface area contributed by atoms with Gasteiger partial charge in [-0.2, -0.15) is 10.4 Å². The van der Waals surface area contributed by atoms with E-state index in [1.54, 1.807) is 23.0 Å². The van der Waals surface area contributed by atoms with Crippen LogP contribution in [0.5, 0.6) is 0 Å². The summed E-state index contributed by atoms with van der Waals surface area (Å²) in [6.07, 6.45) is 4.97. The van der Waals surface area contributed by atoms with Gasteiger partial charge in [0.2, 0.25) is 0 Å². The number of carbonyl (C=O) groups is 1. The molecule has 1 heterocycles. The van der Waals surface area contributed by atoms with Crippen LogP contribution in [0.1, 0.15) is 25.3 Å². The third-order valence-electron chi connectivity index (χ3n) is 4.60. The third-order valence-corrected chi connectivity index (χ3v) is 4.60. The molecule has 2 aromatic carbocycles. The number of benzene rings is 2. The van der Waals surface area contributed by atoms with Crippen molar-refractivity contribution in [2.24, 2.45) is 0 Å². The van der Waals surface area contributed by atoms with Crippen LogP contribution in [0.3, 0.4) is 0 Å². The fraction of sp³-hybridized carbons (Fsp3) is 0.174. The molecule has 0 fully saturated rings. The highest BCUT2D eigenvalue weighted by Crippen LogP contribution is 2.27. The molecule has 31 heavy (non-hydrogen) atoms. The van der Waals surface area contributed by atoms with Gasteiger partial charge < -0.3 is 5.32 Å². The molecule has 0 bridgehead atoms. The molecule has 0 atom stereocenters. The van der Waals surface area contributed by atoms with Crippen molar-refractivity contribution in [2.75, 3.05) is 6.54 Å². The van der Waals surface area contributed by atoms with E-state index in [4.69, 9.17) is 0 Å². The van der Waals surface area contributed by atoms with Gasteiger partial charge in [0.1, 0.15) is 17.3 Å². The highest BCUT2D eigenvalue weighted by Gasteiger charge is 2.16. The summed E-state index contributed by atoms with van der Waals surface area (Å²) in [5.74, 6) is -0.446. The van der Waals surface area contributed by atoms with Crippen LogP contribution < -0.4 is 5.32 Å². The van der Waals surface area contributed by atoms with Crippen molar-refractivity contribution in [1.82, 2.24) is 15.1 Å². The molecule has 156 valence electrons. The molecule has 0 unspecified atom stereocenters. The average molecular weight is 415 g/mol. The average Bonchev–Trinajstić information content (AvgIpc) is 3.22. The maximum atomic E-state index is 12.4. The molecule has 8 nitrogen and oxygen atoms in total. The normalized spacial score (nSPS) is 11.0. The first-order chi connectivity index (χ1) is 15.0. The Hall–Kier alpha value is -4.25. The van der Waals surface area contributed by atoms with Crippen LogP contribution in [-0.4, -0.2) is 27.2 Å². The smallest absolute Gasteiger partial charge is 0.269 e. The van der Waals surface area contributed by atoms with E-state index in [-0.39, 0.29) is 11.3 Å². The third kappa shape index (κ3) is 5.22. The van der Waals surface area contributed by atoms with Crippen molar-refractivity contribution in [1.29, 1.82) is 5.26 Å². The Morgan fingerprint density at radius 1 is 1.23 bits per heavy atom. The van der Waals surface area contributed by atoms with Crippen molar-refractivity contribution in [3.8, 4) is 23.0 Å². The predicted octanol–water partition coefficient (Wildman–Crippen LogP) is 4.27. The van der Waals surface area contributed by atoms with Crippen LogP contribution in [0.4, 0.5) is 5.69 Å². The SMILES string of the molecule is CCCCNC(=O)/C(C#N)=C/c1cn(-c2ccccc2)nc1-c1ccc([N+](=O)[O-])cc1. The van der Waals surface area contributed by atoms with Crippen LogP contribution in [-0.2, 0) is 4.79 Å². The maximum Gasteiger partial charge on any atom is 0.269 e. The van der Waals surface area contributed by atoms with Gasteiger partial charge >= 0.3 is 0 Å². The largest absolute Gasteiger partial charge is 0.351 e. The topological polar surface area (TPSA) is 114 Å². The number of nitro groups is 1. The first kappa shape index (κ1) is 21.5. The molecular weight excluding hydrogens is 394 g/mol. The Balaban J connectivity index is 2.05. The summed E-state index contributed by atoms with van der Waals surface area (Å²) in [5, 5.41) is 27.8. The number of para-hydroxylation sites is 1. The molecule has 3 rings (SSSR count). The second-order valence-electron chi connectivity index (χ2n) is 6.80. The molecular formula is C23H21N5O3. The number of hydrogen-bond donors (Lipinski definition) is 1. The number of carbonyl (C=O) groups excluding carboxylic acids is 1. The Bertz CT molecular complexity index is 1140. The van der Waals surface area contributed by atoms with Crippen molar-refractivity contribution in [3.05, 3.63) is 82.0 Å². The minimum absolute atomic E-state index is 0.0312. The van der Waals surface area contributed by atoms with Gasteiger partial charge in [-0.3, -0.25) is 14.9 Å². The molecule has 0 saturated carbocycles. The van der Waals surface area contributed by atoms with Crippen LogP contribution in [0, 0.1) is 21.4 Å². The lowest BCUT2D eigenvalue weighted by atomic mass is 10.1. The molecule has 0 aliphatic rings. The number of non-ortho nitro benzene ring substituents is 1. The molecule has 0 aliphatic carbocycles. The van der Waals surface area contributed by atoms with Crippen molar-refractivity contribution >= 4 is 17.7 Å². The Morgan fingerprint density at radius 3 is 2.55 bits per heavy atom. The molecule has 1 aromatic heterocycles. The highest BCUT2D eigenvalue weighted by molar-refractivity contribution is 6.02. The van der Waals surface area contributed by atoms with Crippen molar-refractivity contribution in [3.63, 3.8) is 0 Å². The lowest BCUT2D eigenvalue weighted by Gasteiger charge is -2.03. The van der Waals surface area contributed by atoms with Crippen LogP contribution >= 0.6 is 0 Å². The van der Waals surface area contributed by atoms with E-state index in [1.165, 1.54) is 18.2 Å². The number of nitro benzene ring substituents is 1. The second kappa shape index (κ2) is 9.98. The summed E-state index contributed by atoms with van der Waals surface area (Å²) in [4.78, 5) is 22.9. The minimum atomic E-state index is -0.471. The van der Waals surface area contributed by atoms with Crippen LogP contribution in [0.2, 0.25) is 0 Å². The lowest BCUT2D eigenvalue weighted by Crippen LogP contribution is -2.25. The highest BCUT2D eigenvalue weighted by atomic mass is 16.6. The van der Waals surface area contributed by atoms with Gasteiger partial charge in [-0.05, 0) is 36.8 Å². The van der Waals surface area contributed by atoms with Crippen molar-refractivity contribution < 1.29 is 9.72 Å². The number of nitrogens with one attached hydrogen (secondary N) is 1. The van der Waals surface area contributed by atoms with Gasteiger partial charge in [-0.1, -0.05) is 31.5 Å². The lowest BCUT2D eigenvalue weighted by molar-refractivity contribution is -0.384. The molecule has 1 N–H and O–H groups in total. The summed E-state index contributed by atoms with van der Waals surface area (Å²) in [7, 11) is 0. The summed E-state index contributed by atoms with van der Waals surface area (Å²) >= 11 is 0. The quantitative estimate of drug-likeness (QED) is 0.194. The first-order valence-electron chi connectivity index (χ1n) is 9.83. The predicted molar refractivity (Wildman–Crippen MR) is 117 cm³/mol. The number of aromatic nitrogens is 2. The number of amides is 1. The van der Waals surface area contributed by atoms with Gasteiger partial charge in [0.15, 0.2) is 0 Å². The Kier molecular flexibility index (Phi) is 6.91. The molecule has 0 saturated heterocycles. The van der Waals surface area contributed by atoms with E-state index in [1.807, 2.05) is 43.3 Å². The van der Waals surface area contributed by atoms with E-state index < -0.39 is 10.8 Å². The van der Waals surface area contributed by atoms with Gasteiger partial charge in [-0.25, -0.2) is 4.68 Å². The first-order valence-corrected chi connectivity index (χ1v) is 9.83. The van der Waals surface area contributed by atoms with E-state index in [0.29, 0.717) is 23.4 Å². The number of hydrogen-bond acceptors (Lipinski definition) is 5. The molecule has 3 aromatic rings. The molecule has 8 heteroatoms. The van der Waals surface area contributed by atoms with Gasteiger partial charge in [-0.15, -0.1) is 0 Å². The second-order valence-corrected chi connectivity index (χ2v) is 6.80. The zero-order chi connectivity index (χ0) is 22.2. The monoisotopic (exact) mass is 415 g/mol. The Morgan fingerprint density at radius 2 is 1.94 bits per heavy atom. The number of rotatable bonds is 8. The Labute approximate surface area is 179 Å². The minimum Gasteiger partial charge on any atom is -0.351 e. The van der Waals surface area contributed by atoms with E-state index in [9.17, 15) is 20.2 Å². The number of unbranched alkanes of at least 4 members (excludes halogenated alkanes) is 1. The fourth-order valence-corrected chi connectivity index (χ4v) is 2.95. The summed E-state index contributed by atoms with van der Waals surface area (Å²) in [6.45, 7) is 2.51. The molecule has 0 radical (unpaired) electrons. The van der Waals surface area contributed by atoms with Gasteiger partial charge in [0.25, 0.3) is 11.6 Å². The summed E-state index contributed by atoms with van der Waals surface area (Å²) < 4.78 is 1.65. The molecule has 0 aliphatic heterocycles.